The molecule has 0 bridgehead atoms. The predicted molar refractivity (Wildman–Crippen MR) is 88.4 cm³/mol. The van der Waals surface area contributed by atoms with Crippen molar-refractivity contribution < 1.29 is 24.9 Å². The number of aliphatic hydroxyl groups excluding tert-OH is 2. The fourth-order valence-electron chi connectivity index (χ4n) is 2.19. The number of aryl methyl sites for hydroxylation is 1. The molecule has 0 aliphatic carbocycles. The number of phenolic OH excluding ortho intramolecular Hbond substituents is 1. The Balaban J connectivity index is 1.82. The van der Waals surface area contributed by atoms with Gasteiger partial charge in [-0.15, -0.1) is 0 Å². The highest BCUT2D eigenvalue weighted by atomic mass is 16.5. The van der Waals surface area contributed by atoms with E-state index in [-0.39, 0.29) is 24.5 Å². The Morgan fingerprint density at radius 3 is 2.58 bits per heavy atom. The molecular formula is C18H21NO5. The minimum atomic E-state index is -1.32. The molecule has 6 nitrogen and oxygen atoms in total. The van der Waals surface area contributed by atoms with E-state index < -0.39 is 18.3 Å². The molecule has 6 heteroatoms. The van der Waals surface area contributed by atoms with Crippen molar-refractivity contribution in [3.05, 3.63) is 65.2 Å². The number of phenols is 1. The number of carbonyl (C=O) groups excluding carboxylic acids is 1. The summed E-state index contributed by atoms with van der Waals surface area (Å²) in [5, 5.41) is 32.2. The van der Waals surface area contributed by atoms with Crippen LogP contribution in [0.3, 0.4) is 0 Å². The first-order chi connectivity index (χ1) is 11.5. The van der Waals surface area contributed by atoms with Crippen LogP contribution in [0.4, 0.5) is 4.79 Å². The number of amides is 1. The fourth-order valence-corrected chi connectivity index (χ4v) is 2.19. The van der Waals surface area contributed by atoms with Crippen molar-refractivity contribution in [2.45, 2.75) is 25.7 Å². The Morgan fingerprint density at radius 2 is 1.88 bits per heavy atom. The number of carbonyl (C=O) groups is 1. The maximum Gasteiger partial charge on any atom is 0.407 e. The third-order valence-electron chi connectivity index (χ3n) is 3.53. The highest BCUT2D eigenvalue weighted by Gasteiger charge is 2.22. The molecule has 0 aliphatic rings. The lowest BCUT2D eigenvalue weighted by Crippen LogP contribution is -2.35. The molecule has 0 aliphatic heterocycles. The molecule has 2 aromatic rings. The van der Waals surface area contributed by atoms with Crippen LogP contribution in [0.5, 0.6) is 5.75 Å². The van der Waals surface area contributed by atoms with E-state index in [0.717, 1.165) is 11.1 Å². The van der Waals surface area contributed by atoms with Gasteiger partial charge in [-0.2, -0.15) is 0 Å². The number of ether oxygens (including phenoxy) is 1. The zero-order chi connectivity index (χ0) is 17.5. The van der Waals surface area contributed by atoms with Gasteiger partial charge in [-0.05, 0) is 24.6 Å². The van der Waals surface area contributed by atoms with E-state index in [4.69, 9.17) is 4.74 Å². The number of hydrogen-bond donors (Lipinski definition) is 4. The van der Waals surface area contributed by atoms with E-state index in [1.807, 2.05) is 30.3 Å². The van der Waals surface area contributed by atoms with Crippen molar-refractivity contribution in [1.29, 1.82) is 0 Å². The highest BCUT2D eigenvalue weighted by molar-refractivity contribution is 5.67. The van der Waals surface area contributed by atoms with Gasteiger partial charge in [0.2, 0.25) is 0 Å². The number of benzene rings is 2. The minimum Gasteiger partial charge on any atom is -0.508 e. The standard InChI is InChI=1S/C18H21NO5/c1-12-7-8-15(20)14(9-12)17(22)16(21)10-19-18(23)24-11-13-5-3-2-4-6-13/h2-9,16-17,20-22H,10-11H2,1H3,(H,19,23). The van der Waals surface area contributed by atoms with Crippen LogP contribution in [0.15, 0.2) is 48.5 Å². The normalized spacial score (nSPS) is 13.1. The minimum absolute atomic E-state index is 0.112. The first-order valence-electron chi connectivity index (χ1n) is 7.57. The lowest BCUT2D eigenvalue weighted by atomic mass is 10.0. The Hall–Kier alpha value is -2.57. The van der Waals surface area contributed by atoms with E-state index in [1.54, 1.807) is 19.1 Å². The lowest BCUT2D eigenvalue weighted by Gasteiger charge is -2.20. The van der Waals surface area contributed by atoms with Crippen molar-refractivity contribution in [2.75, 3.05) is 6.54 Å². The van der Waals surface area contributed by atoms with Gasteiger partial charge in [0.05, 0.1) is 0 Å². The quantitative estimate of drug-likeness (QED) is 0.649. The van der Waals surface area contributed by atoms with E-state index in [2.05, 4.69) is 5.32 Å². The van der Waals surface area contributed by atoms with Crippen LogP contribution in [0.1, 0.15) is 22.8 Å². The average molecular weight is 331 g/mol. The van der Waals surface area contributed by atoms with Crippen molar-refractivity contribution in [3.63, 3.8) is 0 Å². The number of hydrogen-bond acceptors (Lipinski definition) is 5. The average Bonchev–Trinajstić information content (AvgIpc) is 2.60. The smallest absolute Gasteiger partial charge is 0.407 e. The number of rotatable bonds is 6. The molecule has 0 fully saturated rings. The predicted octanol–water partition coefficient (Wildman–Crippen LogP) is 2.02. The fraction of sp³-hybridized carbons (Fsp3) is 0.278. The largest absolute Gasteiger partial charge is 0.508 e. The SMILES string of the molecule is Cc1ccc(O)c(C(O)C(O)CNC(=O)OCc2ccccc2)c1. The Morgan fingerprint density at radius 1 is 1.17 bits per heavy atom. The van der Waals surface area contributed by atoms with Crippen LogP contribution in [0.25, 0.3) is 0 Å². The maximum absolute atomic E-state index is 11.6. The summed E-state index contributed by atoms with van der Waals surface area (Å²) in [7, 11) is 0. The molecule has 0 spiro atoms. The zero-order valence-corrected chi connectivity index (χ0v) is 13.3. The summed E-state index contributed by atoms with van der Waals surface area (Å²) in [5.41, 5.74) is 1.89. The third-order valence-corrected chi connectivity index (χ3v) is 3.53. The molecule has 24 heavy (non-hydrogen) atoms. The van der Waals surface area contributed by atoms with Crippen LogP contribution in [0.2, 0.25) is 0 Å². The molecule has 128 valence electrons. The second-order valence-electron chi connectivity index (χ2n) is 5.52. The van der Waals surface area contributed by atoms with Crippen LogP contribution < -0.4 is 5.32 Å². The summed E-state index contributed by atoms with van der Waals surface area (Å²) in [6.45, 7) is 1.72. The van der Waals surface area contributed by atoms with Crippen molar-refractivity contribution in [2.24, 2.45) is 0 Å². The van der Waals surface area contributed by atoms with Gasteiger partial charge in [0.15, 0.2) is 0 Å². The van der Waals surface area contributed by atoms with Gasteiger partial charge in [0.1, 0.15) is 24.6 Å². The molecular weight excluding hydrogens is 310 g/mol. The van der Waals surface area contributed by atoms with Crippen molar-refractivity contribution in [3.8, 4) is 5.75 Å². The summed E-state index contributed by atoms with van der Waals surface area (Å²) in [6, 6.07) is 13.9. The van der Waals surface area contributed by atoms with E-state index in [0.29, 0.717) is 0 Å². The summed E-state index contributed by atoms with van der Waals surface area (Å²) < 4.78 is 5.01. The first kappa shape index (κ1) is 17.8. The van der Waals surface area contributed by atoms with Gasteiger partial charge in [-0.3, -0.25) is 0 Å². The van der Waals surface area contributed by atoms with Crippen molar-refractivity contribution >= 4 is 6.09 Å². The first-order valence-corrected chi connectivity index (χ1v) is 7.57. The summed E-state index contributed by atoms with van der Waals surface area (Å²) in [5.74, 6) is -0.112. The molecule has 4 N–H and O–H groups in total. The van der Waals surface area contributed by atoms with Crippen LogP contribution in [-0.4, -0.2) is 34.1 Å². The van der Waals surface area contributed by atoms with Gasteiger partial charge in [-0.1, -0.05) is 42.0 Å². The Kier molecular flexibility index (Phi) is 6.17. The third kappa shape index (κ3) is 4.97. The van der Waals surface area contributed by atoms with Gasteiger partial charge in [-0.25, -0.2) is 4.79 Å². The molecule has 0 aromatic heterocycles. The monoisotopic (exact) mass is 331 g/mol. The number of aromatic hydroxyl groups is 1. The molecule has 2 rings (SSSR count). The molecule has 1 amide bonds. The van der Waals surface area contributed by atoms with Crippen molar-refractivity contribution in [1.82, 2.24) is 5.32 Å². The van der Waals surface area contributed by atoms with Crippen LogP contribution in [0, 0.1) is 6.92 Å². The summed E-state index contributed by atoms with van der Waals surface area (Å²) in [4.78, 5) is 11.6. The molecule has 2 atom stereocenters. The summed E-state index contributed by atoms with van der Waals surface area (Å²) in [6.07, 6.45) is -3.29. The van der Waals surface area contributed by atoms with Crippen LogP contribution in [-0.2, 0) is 11.3 Å². The summed E-state index contributed by atoms with van der Waals surface area (Å²) >= 11 is 0. The maximum atomic E-state index is 11.6. The topological polar surface area (TPSA) is 99.0 Å². The highest BCUT2D eigenvalue weighted by Crippen LogP contribution is 2.27. The second-order valence-corrected chi connectivity index (χ2v) is 5.52. The van der Waals surface area contributed by atoms with E-state index in [9.17, 15) is 20.1 Å². The second kappa shape index (κ2) is 8.33. The van der Waals surface area contributed by atoms with Gasteiger partial charge >= 0.3 is 6.09 Å². The molecule has 0 heterocycles. The molecule has 0 saturated carbocycles. The molecule has 0 radical (unpaired) electrons. The van der Waals surface area contributed by atoms with Gasteiger partial charge < -0.3 is 25.4 Å². The van der Waals surface area contributed by atoms with Crippen LogP contribution >= 0.6 is 0 Å². The van der Waals surface area contributed by atoms with E-state index in [1.165, 1.54) is 6.07 Å². The van der Waals surface area contributed by atoms with E-state index >= 15 is 0 Å². The molecule has 0 saturated heterocycles. The van der Waals surface area contributed by atoms with Gasteiger partial charge in [0.25, 0.3) is 0 Å². The number of alkyl carbamates (subject to hydrolysis) is 1. The number of nitrogens with one attached hydrogen (secondary N) is 1. The van der Waals surface area contributed by atoms with Gasteiger partial charge in [0, 0.05) is 12.1 Å². The molecule has 2 aromatic carbocycles. The zero-order valence-electron chi connectivity index (χ0n) is 13.3. The Labute approximate surface area is 140 Å². The lowest BCUT2D eigenvalue weighted by molar-refractivity contribution is 0.0171. The number of aliphatic hydroxyl groups is 2. The molecule has 2 unspecified atom stereocenters. The Bertz CT molecular complexity index is 674.